The molecule has 1 N–H and O–H groups in total. The number of amides is 1. The first-order valence-electron chi connectivity index (χ1n) is 5.76. The Kier molecular flexibility index (Phi) is 4.16. The van der Waals surface area contributed by atoms with E-state index in [1.54, 1.807) is 18.3 Å². The largest absolute Gasteiger partial charge is 0.378 e. The summed E-state index contributed by atoms with van der Waals surface area (Å²) in [4.78, 5) is 18.2. The Morgan fingerprint density at radius 3 is 2.74 bits per heavy atom. The van der Waals surface area contributed by atoms with Gasteiger partial charge in [0.2, 0.25) is 0 Å². The predicted octanol–water partition coefficient (Wildman–Crippen LogP) is 3.16. The molecule has 0 bridgehead atoms. The third-order valence-electron chi connectivity index (χ3n) is 2.59. The molecule has 2 rings (SSSR count). The smallest absolute Gasteiger partial charge is 0.256 e. The molecule has 0 radical (unpaired) electrons. The molecule has 5 heteroatoms. The van der Waals surface area contributed by atoms with Crippen LogP contribution in [0, 0.1) is 0 Å². The molecule has 0 aliphatic heterocycles. The fraction of sp³-hybridized carbons (Fsp3) is 0.143. The van der Waals surface area contributed by atoms with E-state index in [9.17, 15) is 4.79 Å². The highest BCUT2D eigenvalue weighted by Crippen LogP contribution is 2.16. The lowest BCUT2D eigenvalue weighted by Crippen LogP contribution is -2.14. The van der Waals surface area contributed by atoms with E-state index in [0.717, 1.165) is 10.2 Å². The van der Waals surface area contributed by atoms with Crippen molar-refractivity contribution in [2.24, 2.45) is 0 Å². The minimum Gasteiger partial charge on any atom is -0.378 e. The average molecular weight is 320 g/mol. The van der Waals surface area contributed by atoms with E-state index in [-0.39, 0.29) is 5.91 Å². The summed E-state index contributed by atoms with van der Waals surface area (Å²) in [6.45, 7) is 0. The van der Waals surface area contributed by atoms with Crippen molar-refractivity contribution >= 4 is 33.3 Å². The highest BCUT2D eigenvalue weighted by Gasteiger charge is 2.08. The Bertz CT molecular complexity index is 599. The van der Waals surface area contributed by atoms with Crippen molar-refractivity contribution in [3.05, 3.63) is 52.6 Å². The second-order valence-electron chi connectivity index (χ2n) is 4.26. The van der Waals surface area contributed by atoms with E-state index in [1.165, 1.54) is 0 Å². The Labute approximate surface area is 120 Å². The number of hydrogen-bond donors (Lipinski definition) is 1. The minimum atomic E-state index is -0.172. The quantitative estimate of drug-likeness (QED) is 0.945. The van der Waals surface area contributed by atoms with Crippen LogP contribution in [0.15, 0.2) is 47.1 Å². The van der Waals surface area contributed by atoms with Gasteiger partial charge in [-0.25, -0.2) is 4.98 Å². The summed E-state index contributed by atoms with van der Waals surface area (Å²) in [5, 5.41) is 2.77. The van der Waals surface area contributed by atoms with Crippen molar-refractivity contribution in [2.45, 2.75) is 0 Å². The van der Waals surface area contributed by atoms with Gasteiger partial charge in [-0.2, -0.15) is 0 Å². The third kappa shape index (κ3) is 3.54. The normalized spacial score (nSPS) is 10.1. The molecule has 2 aromatic rings. The molecule has 19 heavy (non-hydrogen) atoms. The number of halogens is 1. The summed E-state index contributed by atoms with van der Waals surface area (Å²) >= 11 is 3.34. The lowest BCUT2D eigenvalue weighted by atomic mass is 10.2. The zero-order chi connectivity index (χ0) is 13.8. The molecule has 1 amide bonds. The van der Waals surface area contributed by atoms with Crippen LogP contribution < -0.4 is 10.2 Å². The van der Waals surface area contributed by atoms with Crippen LogP contribution in [0.25, 0.3) is 0 Å². The van der Waals surface area contributed by atoms with Crippen molar-refractivity contribution in [2.75, 3.05) is 24.3 Å². The highest BCUT2D eigenvalue weighted by atomic mass is 79.9. The van der Waals surface area contributed by atoms with Gasteiger partial charge in [-0.1, -0.05) is 22.0 Å². The number of carbonyl (C=O) groups is 1. The summed E-state index contributed by atoms with van der Waals surface area (Å²) in [6, 6.07) is 11.0. The van der Waals surface area contributed by atoms with Gasteiger partial charge in [-0.3, -0.25) is 4.79 Å². The second kappa shape index (κ2) is 5.84. The van der Waals surface area contributed by atoms with Gasteiger partial charge in [-0.05, 0) is 30.3 Å². The van der Waals surface area contributed by atoms with Crippen molar-refractivity contribution in [3.8, 4) is 0 Å². The summed E-state index contributed by atoms with van der Waals surface area (Å²) in [6.07, 6.45) is 1.63. The van der Waals surface area contributed by atoms with Gasteiger partial charge in [0.25, 0.3) is 5.91 Å². The molecule has 0 aliphatic rings. The predicted molar refractivity (Wildman–Crippen MR) is 80.7 cm³/mol. The van der Waals surface area contributed by atoms with Crippen molar-refractivity contribution in [1.29, 1.82) is 0 Å². The Balaban J connectivity index is 2.18. The van der Waals surface area contributed by atoms with Crippen molar-refractivity contribution in [1.82, 2.24) is 4.98 Å². The topological polar surface area (TPSA) is 45.2 Å². The maximum atomic E-state index is 12.1. The van der Waals surface area contributed by atoms with E-state index in [2.05, 4.69) is 26.2 Å². The van der Waals surface area contributed by atoms with Gasteiger partial charge in [0, 0.05) is 36.0 Å². The standard InChI is InChI=1S/C14H14BrN3O/c1-18(2)12-5-3-4-10(8-12)14(19)17-13-9-11(15)6-7-16-13/h3-9H,1-2H3,(H,16,17,19). The van der Waals surface area contributed by atoms with Crippen LogP contribution in [-0.4, -0.2) is 25.0 Å². The monoisotopic (exact) mass is 319 g/mol. The van der Waals surface area contributed by atoms with E-state index >= 15 is 0 Å². The van der Waals surface area contributed by atoms with Crippen LogP contribution in [0.5, 0.6) is 0 Å². The molecule has 1 aromatic carbocycles. The van der Waals surface area contributed by atoms with E-state index in [4.69, 9.17) is 0 Å². The van der Waals surface area contributed by atoms with Crippen LogP contribution in [0.1, 0.15) is 10.4 Å². The molecule has 0 saturated carbocycles. The lowest BCUT2D eigenvalue weighted by molar-refractivity contribution is 0.102. The zero-order valence-electron chi connectivity index (χ0n) is 10.7. The summed E-state index contributed by atoms with van der Waals surface area (Å²) in [5.41, 5.74) is 1.59. The first-order valence-corrected chi connectivity index (χ1v) is 6.56. The molecule has 4 nitrogen and oxygen atoms in total. The summed E-state index contributed by atoms with van der Waals surface area (Å²) in [7, 11) is 3.87. The summed E-state index contributed by atoms with van der Waals surface area (Å²) < 4.78 is 0.875. The molecule has 1 heterocycles. The number of pyridine rings is 1. The number of carbonyl (C=O) groups excluding carboxylic acids is 1. The number of hydrogen-bond acceptors (Lipinski definition) is 3. The molecule has 0 saturated heterocycles. The van der Waals surface area contributed by atoms with E-state index < -0.39 is 0 Å². The van der Waals surface area contributed by atoms with Crippen LogP contribution in [0.3, 0.4) is 0 Å². The number of benzene rings is 1. The Morgan fingerprint density at radius 1 is 1.26 bits per heavy atom. The van der Waals surface area contributed by atoms with Crippen LogP contribution >= 0.6 is 15.9 Å². The van der Waals surface area contributed by atoms with Gasteiger partial charge in [0.15, 0.2) is 0 Å². The van der Waals surface area contributed by atoms with Crippen LogP contribution in [0.2, 0.25) is 0 Å². The molecule has 0 fully saturated rings. The van der Waals surface area contributed by atoms with Crippen LogP contribution in [-0.2, 0) is 0 Å². The maximum Gasteiger partial charge on any atom is 0.256 e. The Hall–Kier alpha value is -1.88. The van der Waals surface area contributed by atoms with E-state index in [1.807, 2.05) is 43.3 Å². The van der Waals surface area contributed by atoms with Gasteiger partial charge in [0.05, 0.1) is 0 Å². The molecule has 1 aromatic heterocycles. The van der Waals surface area contributed by atoms with Gasteiger partial charge < -0.3 is 10.2 Å². The van der Waals surface area contributed by atoms with Gasteiger partial charge >= 0.3 is 0 Å². The SMILES string of the molecule is CN(C)c1cccc(C(=O)Nc2cc(Br)ccn2)c1. The molecular weight excluding hydrogens is 306 g/mol. The lowest BCUT2D eigenvalue weighted by Gasteiger charge is -2.13. The summed E-state index contributed by atoms with van der Waals surface area (Å²) in [5.74, 6) is 0.351. The van der Waals surface area contributed by atoms with Crippen LogP contribution in [0.4, 0.5) is 11.5 Å². The zero-order valence-corrected chi connectivity index (χ0v) is 12.3. The van der Waals surface area contributed by atoms with Gasteiger partial charge in [0.1, 0.15) is 5.82 Å². The molecule has 0 aliphatic carbocycles. The third-order valence-corrected chi connectivity index (χ3v) is 3.08. The fourth-order valence-electron chi connectivity index (χ4n) is 1.59. The fourth-order valence-corrected chi connectivity index (χ4v) is 1.92. The number of anilines is 2. The maximum absolute atomic E-state index is 12.1. The van der Waals surface area contributed by atoms with E-state index in [0.29, 0.717) is 11.4 Å². The minimum absolute atomic E-state index is 0.172. The number of aromatic nitrogens is 1. The molecular formula is C14H14BrN3O. The molecule has 0 atom stereocenters. The Morgan fingerprint density at radius 2 is 2.05 bits per heavy atom. The number of nitrogens with zero attached hydrogens (tertiary/aromatic N) is 2. The second-order valence-corrected chi connectivity index (χ2v) is 5.17. The molecule has 0 spiro atoms. The first kappa shape index (κ1) is 13.5. The highest BCUT2D eigenvalue weighted by molar-refractivity contribution is 9.10. The van der Waals surface area contributed by atoms with Crippen molar-refractivity contribution in [3.63, 3.8) is 0 Å². The number of rotatable bonds is 3. The van der Waals surface area contributed by atoms with Gasteiger partial charge in [-0.15, -0.1) is 0 Å². The number of nitrogens with one attached hydrogen (secondary N) is 1. The molecule has 0 unspecified atom stereocenters. The molecule has 98 valence electrons. The average Bonchev–Trinajstić information content (AvgIpc) is 2.39. The first-order chi connectivity index (χ1) is 9.06. The van der Waals surface area contributed by atoms with Crippen molar-refractivity contribution < 1.29 is 4.79 Å².